The number of benzene rings is 1. The summed E-state index contributed by atoms with van der Waals surface area (Å²) in [5, 5.41) is 6.80. The number of aliphatic imine (C=N–C) groups is 1. The molecule has 1 atom stereocenters. The number of ether oxygens (including phenoxy) is 1. The van der Waals surface area contributed by atoms with Crippen molar-refractivity contribution in [2.45, 2.75) is 32.9 Å². The summed E-state index contributed by atoms with van der Waals surface area (Å²) in [5.41, 5.74) is 2.23. The topological polar surface area (TPSA) is 66.7 Å². The van der Waals surface area contributed by atoms with Crippen molar-refractivity contribution in [2.75, 3.05) is 46.4 Å². The molecule has 1 aliphatic heterocycles. The largest absolute Gasteiger partial charge is 0.374 e. The van der Waals surface area contributed by atoms with Gasteiger partial charge in [-0.1, -0.05) is 26.0 Å². The number of guanidine groups is 1. The van der Waals surface area contributed by atoms with Crippen LogP contribution < -0.4 is 10.6 Å². The highest BCUT2D eigenvalue weighted by atomic mass is 16.5. The van der Waals surface area contributed by atoms with Gasteiger partial charge in [0.25, 0.3) is 0 Å². The van der Waals surface area contributed by atoms with Gasteiger partial charge in [0.15, 0.2) is 5.96 Å². The fourth-order valence-corrected chi connectivity index (χ4v) is 3.66. The smallest absolute Gasteiger partial charge is 0.191 e. The maximum Gasteiger partial charge on any atom is 0.191 e. The summed E-state index contributed by atoms with van der Waals surface area (Å²) in [6, 6.07) is 8.24. The number of nitrogens with zero attached hydrogens (tertiary/aromatic N) is 4. The highest BCUT2D eigenvalue weighted by molar-refractivity contribution is 5.79. The van der Waals surface area contributed by atoms with E-state index in [0.717, 1.165) is 63.8 Å². The molecule has 0 saturated carbocycles. The third-order valence-electron chi connectivity index (χ3n) is 4.96. The maximum atomic E-state index is 5.90. The molecule has 1 saturated heterocycles. The van der Waals surface area contributed by atoms with E-state index in [1.54, 1.807) is 0 Å². The number of aromatic nitrogens is 2. The molecule has 0 spiro atoms. The molecule has 154 valence electrons. The van der Waals surface area contributed by atoms with Gasteiger partial charge in [-0.2, -0.15) is 0 Å². The predicted octanol–water partition coefficient (Wildman–Crippen LogP) is 1.95. The summed E-state index contributed by atoms with van der Waals surface area (Å²) in [5.74, 6) is 1.52. The fraction of sp³-hybridized carbons (Fsp3) is 0.619. The molecule has 1 fully saturated rings. The van der Waals surface area contributed by atoms with Crippen LogP contribution >= 0.6 is 0 Å². The van der Waals surface area contributed by atoms with E-state index >= 15 is 0 Å². The SMILES string of the molecule is CN=C(NCCCn1cnc2ccccc21)NCC1CN(CC(C)C)CCO1. The third-order valence-corrected chi connectivity index (χ3v) is 4.96. The van der Waals surface area contributed by atoms with Crippen LogP contribution in [0.25, 0.3) is 11.0 Å². The van der Waals surface area contributed by atoms with Gasteiger partial charge in [-0.3, -0.25) is 9.89 Å². The number of nitrogens with one attached hydrogen (secondary N) is 2. The Morgan fingerprint density at radius 3 is 3.00 bits per heavy atom. The molecule has 0 radical (unpaired) electrons. The van der Waals surface area contributed by atoms with Crippen molar-refractivity contribution in [3.8, 4) is 0 Å². The van der Waals surface area contributed by atoms with Crippen LogP contribution in [0.1, 0.15) is 20.3 Å². The minimum Gasteiger partial charge on any atom is -0.374 e. The van der Waals surface area contributed by atoms with E-state index < -0.39 is 0 Å². The van der Waals surface area contributed by atoms with E-state index in [1.807, 2.05) is 25.5 Å². The fourth-order valence-electron chi connectivity index (χ4n) is 3.66. The highest BCUT2D eigenvalue weighted by Gasteiger charge is 2.21. The molecule has 1 aliphatic rings. The Kier molecular flexibility index (Phi) is 7.68. The van der Waals surface area contributed by atoms with Gasteiger partial charge in [0.1, 0.15) is 0 Å². The van der Waals surface area contributed by atoms with Gasteiger partial charge in [-0.15, -0.1) is 0 Å². The number of aryl methyl sites for hydroxylation is 1. The maximum absolute atomic E-state index is 5.90. The van der Waals surface area contributed by atoms with Gasteiger partial charge in [0.05, 0.1) is 30.1 Å². The molecule has 2 N–H and O–H groups in total. The lowest BCUT2D eigenvalue weighted by atomic mass is 10.2. The molecule has 28 heavy (non-hydrogen) atoms. The summed E-state index contributed by atoms with van der Waals surface area (Å²) in [6.07, 6.45) is 3.13. The monoisotopic (exact) mass is 386 g/mol. The summed E-state index contributed by atoms with van der Waals surface area (Å²) in [6.45, 7) is 11.1. The highest BCUT2D eigenvalue weighted by Crippen LogP contribution is 2.12. The molecule has 0 aliphatic carbocycles. The Labute approximate surface area is 168 Å². The lowest BCUT2D eigenvalue weighted by molar-refractivity contribution is -0.0284. The van der Waals surface area contributed by atoms with Gasteiger partial charge >= 0.3 is 0 Å². The molecule has 2 aromatic rings. The molecule has 2 heterocycles. The number of rotatable bonds is 8. The van der Waals surface area contributed by atoms with Crippen LogP contribution in [0.15, 0.2) is 35.6 Å². The van der Waals surface area contributed by atoms with E-state index in [4.69, 9.17) is 4.74 Å². The molecular weight excluding hydrogens is 352 g/mol. The molecule has 1 aromatic carbocycles. The van der Waals surface area contributed by atoms with Crippen molar-refractivity contribution >= 4 is 17.0 Å². The van der Waals surface area contributed by atoms with Gasteiger partial charge in [0, 0.05) is 46.3 Å². The average molecular weight is 387 g/mol. The molecular formula is C21H34N6O. The molecule has 0 amide bonds. The van der Waals surface area contributed by atoms with Crippen molar-refractivity contribution in [1.82, 2.24) is 25.1 Å². The Morgan fingerprint density at radius 2 is 2.18 bits per heavy atom. The van der Waals surface area contributed by atoms with Crippen LogP contribution in [0.2, 0.25) is 0 Å². The van der Waals surface area contributed by atoms with Gasteiger partial charge < -0.3 is 19.9 Å². The first kappa shape index (κ1) is 20.6. The van der Waals surface area contributed by atoms with E-state index in [1.165, 1.54) is 5.52 Å². The van der Waals surface area contributed by atoms with Gasteiger partial charge in [0.2, 0.25) is 0 Å². The van der Waals surface area contributed by atoms with Crippen molar-refractivity contribution in [3.05, 3.63) is 30.6 Å². The number of fused-ring (bicyclic) bond motifs is 1. The summed E-state index contributed by atoms with van der Waals surface area (Å²) in [4.78, 5) is 11.3. The minimum absolute atomic E-state index is 0.211. The summed E-state index contributed by atoms with van der Waals surface area (Å²) < 4.78 is 8.10. The molecule has 1 unspecified atom stereocenters. The summed E-state index contributed by atoms with van der Waals surface area (Å²) >= 11 is 0. The average Bonchev–Trinajstić information content (AvgIpc) is 3.10. The number of morpholine rings is 1. The quantitative estimate of drug-likeness (QED) is 0.412. The molecule has 1 aromatic heterocycles. The number of para-hydroxylation sites is 2. The lowest BCUT2D eigenvalue weighted by Gasteiger charge is -2.34. The minimum atomic E-state index is 0.211. The first-order valence-corrected chi connectivity index (χ1v) is 10.3. The van der Waals surface area contributed by atoms with Crippen molar-refractivity contribution in [1.29, 1.82) is 0 Å². The van der Waals surface area contributed by atoms with E-state index in [2.05, 4.69) is 56.1 Å². The normalized spacial score (nSPS) is 18.7. The van der Waals surface area contributed by atoms with Crippen LogP contribution in [0.3, 0.4) is 0 Å². The molecule has 7 nitrogen and oxygen atoms in total. The second-order valence-corrected chi connectivity index (χ2v) is 7.81. The van der Waals surface area contributed by atoms with Crippen LogP contribution in [0, 0.1) is 5.92 Å². The second-order valence-electron chi connectivity index (χ2n) is 7.81. The Hall–Kier alpha value is -2.12. The number of hydrogen-bond acceptors (Lipinski definition) is 4. The zero-order valence-electron chi connectivity index (χ0n) is 17.4. The zero-order valence-corrected chi connectivity index (χ0v) is 17.4. The van der Waals surface area contributed by atoms with Crippen LogP contribution in [0.4, 0.5) is 0 Å². The van der Waals surface area contributed by atoms with E-state index in [0.29, 0.717) is 5.92 Å². The van der Waals surface area contributed by atoms with Gasteiger partial charge in [-0.05, 0) is 24.5 Å². The lowest BCUT2D eigenvalue weighted by Crippen LogP contribution is -2.50. The standard InChI is InChI=1S/C21H34N6O/c1-17(2)14-26-11-12-28-18(15-26)13-24-21(22-3)23-9-6-10-27-16-25-19-7-4-5-8-20(19)27/h4-5,7-8,16-18H,6,9-15H2,1-3H3,(H2,22,23,24). The van der Waals surface area contributed by atoms with Crippen LogP contribution in [0.5, 0.6) is 0 Å². The first-order valence-electron chi connectivity index (χ1n) is 10.3. The number of hydrogen-bond donors (Lipinski definition) is 2. The van der Waals surface area contributed by atoms with E-state index in [-0.39, 0.29) is 6.10 Å². The zero-order chi connectivity index (χ0) is 19.8. The van der Waals surface area contributed by atoms with Crippen molar-refractivity contribution < 1.29 is 4.74 Å². The Balaban J connectivity index is 1.36. The predicted molar refractivity (Wildman–Crippen MR) is 115 cm³/mol. The number of imidazole rings is 1. The van der Waals surface area contributed by atoms with Crippen LogP contribution in [-0.2, 0) is 11.3 Å². The Bertz CT molecular complexity index is 756. The Morgan fingerprint density at radius 1 is 1.32 bits per heavy atom. The van der Waals surface area contributed by atoms with Crippen molar-refractivity contribution in [2.24, 2.45) is 10.9 Å². The molecule has 3 rings (SSSR count). The van der Waals surface area contributed by atoms with E-state index in [9.17, 15) is 0 Å². The first-order chi connectivity index (χ1) is 13.7. The van der Waals surface area contributed by atoms with Gasteiger partial charge in [-0.25, -0.2) is 4.98 Å². The third kappa shape index (κ3) is 5.94. The molecule has 0 bridgehead atoms. The second kappa shape index (κ2) is 10.4. The van der Waals surface area contributed by atoms with Crippen LogP contribution in [-0.4, -0.2) is 72.9 Å². The van der Waals surface area contributed by atoms with Crippen molar-refractivity contribution in [3.63, 3.8) is 0 Å². The summed E-state index contributed by atoms with van der Waals surface area (Å²) in [7, 11) is 1.81. The molecule has 7 heteroatoms.